The van der Waals surface area contributed by atoms with E-state index in [2.05, 4.69) is 16.4 Å². The Balaban J connectivity index is 1.79. The molecule has 2 aromatic heterocycles. The highest BCUT2D eigenvalue weighted by atomic mass is 16.3. The summed E-state index contributed by atoms with van der Waals surface area (Å²) in [6, 6.07) is 7.64. The SMILES string of the molecule is Cc1cc(C)c(-c2ccc3ncc([C@@H]4CCCNC4)nc3n2)c(O)c1. The highest BCUT2D eigenvalue weighted by molar-refractivity contribution is 5.78. The number of nitrogens with zero attached hydrogens (tertiary/aromatic N) is 3. The molecule has 25 heavy (non-hydrogen) atoms. The van der Waals surface area contributed by atoms with Gasteiger partial charge in [0, 0.05) is 24.2 Å². The number of hydrogen-bond donors (Lipinski definition) is 2. The maximum absolute atomic E-state index is 10.4. The van der Waals surface area contributed by atoms with E-state index in [1.165, 1.54) is 0 Å². The van der Waals surface area contributed by atoms with Gasteiger partial charge in [0.1, 0.15) is 11.3 Å². The van der Waals surface area contributed by atoms with E-state index in [1.807, 2.05) is 32.2 Å². The number of rotatable bonds is 2. The first-order chi connectivity index (χ1) is 12.1. The van der Waals surface area contributed by atoms with Crippen LogP contribution < -0.4 is 5.32 Å². The molecule has 0 radical (unpaired) electrons. The van der Waals surface area contributed by atoms with Crippen LogP contribution >= 0.6 is 0 Å². The lowest BCUT2D eigenvalue weighted by Crippen LogP contribution is -2.28. The number of nitrogens with one attached hydrogen (secondary N) is 1. The van der Waals surface area contributed by atoms with Crippen LogP contribution in [0.1, 0.15) is 35.6 Å². The fraction of sp³-hybridized carbons (Fsp3) is 0.350. The van der Waals surface area contributed by atoms with Gasteiger partial charge < -0.3 is 10.4 Å². The quantitative estimate of drug-likeness (QED) is 0.751. The zero-order chi connectivity index (χ0) is 17.4. The van der Waals surface area contributed by atoms with Crippen molar-refractivity contribution >= 4 is 11.2 Å². The minimum absolute atomic E-state index is 0.255. The Kier molecular flexibility index (Phi) is 4.09. The molecule has 1 aromatic carbocycles. The second kappa shape index (κ2) is 6.41. The molecule has 1 atom stereocenters. The lowest BCUT2D eigenvalue weighted by Gasteiger charge is -2.21. The molecule has 2 N–H and O–H groups in total. The normalized spacial score (nSPS) is 17.8. The second-order valence-electron chi connectivity index (χ2n) is 6.85. The van der Waals surface area contributed by atoms with Crippen molar-refractivity contribution in [3.05, 3.63) is 47.3 Å². The molecule has 0 spiro atoms. The summed E-state index contributed by atoms with van der Waals surface area (Å²) in [6.07, 6.45) is 4.16. The molecule has 5 heteroatoms. The van der Waals surface area contributed by atoms with Gasteiger partial charge in [0.25, 0.3) is 0 Å². The molecule has 1 aliphatic rings. The lowest BCUT2D eigenvalue weighted by molar-refractivity contribution is 0.454. The van der Waals surface area contributed by atoms with Gasteiger partial charge in [-0.2, -0.15) is 0 Å². The lowest BCUT2D eigenvalue weighted by atomic mass is 9.96. The van der Waals surface area contributed by atoms with E-state index in [9.17, 15) is 5.11 Å². The van der Waals surface area contributed by atoms with Gasteiger partial charge in [-0.05, 0) is 62.6 Å². The van der Waals surface area contributed by atoms with E-state index in [-0.39, 0.29) is 5.75 Å². The fourth-order valence-electron chi connectivity index (χ4n) is 3.63. The minimum atomic E-state index is 0.255. The number of aromatic nitrogens is 3. The third-order valence-corrected chi connectivity index (χ3v) is 4.86. The van der Waals surface area contributed by atoms with E-state index in [1.54, 1.807) is 6.07 Å². The van der Waals surface area contributed by atoms with Gasteiger partial charge in [-0.15, -0.1) is 0 Å². The highest BCUT2D eigenvalue weighted by Crippen LogP contribution is 2.33. The smallest absolute Gasteiger partial charge is 0.179 e. The van der Waals surface area contributed by atoms with Crippen molar-refractivity contribution < 1.29 is 5.11 Å². The van der Waals surface area contributed by atoms with Crippen LogP contribution in [0.3, 0.4) is 0 Å². The van der Waals surface area contributed by atoms with Crippen molar-refractivity contribution in [1.82, 2.24) is 20.3 Å². The number of phenolic OH excluding ortho intramolecular Hbond substituents is 1. The molecule has 0 amide bonds. The molecule has 0 bridgehead atoms. The molecule has 3 aromatic rings. The monoisotopic (exact) mass is 334 g/mol. The van der Waals surface area contributed by atoms with Crippen molar-refractivity contribution in [3.8, 4) is 17.0 Å². The second-order valence-corrected chi connectivity index (χ2v) is 6.85. The van der Waals surface area contributed by atoms with Gasteiger partial charge in [-0.1, -0.05) is 6.07 Å². The molecule has 128 valence electrons. The van der Waals surface area contributed by atoms with Crippen LogP contribution in [0.5, 0.6) is 5.75 Å². The van der Waals surface area contributed by atoms with Gasteiger partial charge in [-0.25, -0.2) is 9.97 Å². The predicted octanol–water partition coefficient (Wildman–Crippen LogP) is 3.48. The average Bonchev–Trinajstić information content (AvgIpc) is 2.61. The Morgan fingerprint density at radius 1 is 1.16 bits per heavy atom. The van der Waals surface area contributed by atoms with Crippen molar-refractivity contribution in [2.45, 2.75) is 32.6 Å². The molecular formula is C20H22N4O. The van der Waals surface area contributed by atoms with Gasteiger partial charge >= 0.3 is 0 Å². The zero-order valence-corrected chi connectivity index (χ0v) is 14.6. The number of fused-ring (bicyclic) bond motifs is 1. The number of hydrogen-bond acceptors (Lipinski definition) is 5. The largest absolute Gasteiger partial charge is 0.507 e. The van der Waals surface area contributed by atoms with E-state index in [0.29, 0.717) is 11.6 Å². The average molecular weight is 334 g/mol. The number of aromatic hydroxyl groups is 1. The maximum atomic E-state index is 10.4. The van der Waals surface area contributed by atoms with Crippen molar-refractivity contribution in [2.75, 3.05) is 13.1 Å². The summed E-state index contributed by atoms with van der Waals surface area (Å²) in [7, 11) is 0. The third-order valence-electron chi connectivity index (χ3n) is 4.86. The van der Waals surface area contributed by atoms with Crippen LogP contribution in [0.2, 0.25) is 0 Å². The van der Waals surface area contributed by atoms with Crippen LogP contribution in [0, 0.1) is 13.8 Å². The van der Waals surface area contributed by atoms with Crippen molar-refractivity contribution in [3.63, 3.8) is 0 Å². The molecule has 3 heterocycles. The van der Waals surface area contributed by atoms with Crippen LogP contribution in [-0.2, 0) is 0 Å². The van der Waals surface area contributed by atoms with Crippen molar-refractivity contribution in [1.29, 1.82) is 0 Å². The van der Waals surface area contributed by atoms with Crippen LogP contribution in [-0.4, -0.2) is 33.1 Å². The van der Waals surface area contributed by atoms with Crippen molar-refractivity contribution in [2.24, 2.45) is 0 Å². The summed E-state index contributed by atoms with van der Waals surface area (Å²) in [5, 5.41) is 13.8. The number of piperidine rings is 1. The van der Waals surface area contributed by atoms with E-state index in [4.69, 9.17) is 9.97 Å². The Bertz CT molecular complexity index is 909. The zero-order valence-electron chi connectivity index (χ0n) is 14.6. The molecule has 4 rings (SSSR count). The molecular weight excluding hydrogens is 312 g/mol. The Hall–Kier alpha value is -2.53. The summed E-state index contributed by atoms with van der Waals surface area (Å²) in [6.45, 7) is 5.98. The Morgan fingerprint density at radius 2 is 2.04 bits per heavy atom. The topological polar surface area (TPSA) is 70.9 Å². The fourth-order valence-corrected chi connectivity index (χ4v) is 3.63. The van der Waals surface area contributed by atoms with E-state index in [0.717, 1.165) is 59.5 Å². The van der Waals surface area contributed by atoms with E-state index < -0.39 is 0 Å². The number of benzene rings is 1. The summed E-state index contributed by atoms with van der Waals surface area (Å²) in [4.78, 5) is 14.0. The number of phenols is 1. The van der Waals surface area contributed by atoms with E-state index >= 15 is 0 Å². The molecule has 0 saturated carbocycles. The summed E-state index contributed by atoms with van der Waals surface area (Å²) < 4.78 is 0. The first kappa shape index (κ1) is 16.0. The van der Waals surface area contributed by atoms with Gasteiger partial charge in [0.2, 0.25) is 0 Å². The van der Waals surface area contributed by atoms with Gasteiger partial charge in [0.05, 0.1) is 11.4 Å². The first-order valence-corrected chi connectivity index (χ1v) is 8.77. The third kappa shape index (κ3) is 3.07. The molecule has 5 nitrogen and oxygen atoms in total. The Morgan fingerprint density at radius 3 is 2.80 bits per heavy atom. The predicted molar refractivity (Wildman–Crippen MR) is 98.8 cm³/mol. The molecule has 1 saturated heterocycles. The Labute approximate surface area is 147 Å². The molecule has 0 aliphatic carbocycles. The molecule has 1 aliphatic heterocycles. The minimum Gasteiger partial charge on any atom is -0.507 e. The summed E-state index contributed by atoms with van der Waals surface area (Å²) >= 11 is 0. The van der Waals surface area contributed by atoms with Crippen LogP contribution in [0.4, 0.5) is 0 Å². The van der Waals surface area contributed by atoms with Crippen LogP contribution in [0.25, 0.3) is 22.4 Å². The van der Waals surface area contributed by atoms with Gasteiger partial charge in [-0.3, -0.25) is 4.98 Å². The number of aryl methyl sites for hydroxylation is 2. The standard InChI is InChI=1S/C20H22N4O/c1-12-8-13(2)19(18(25)9-12)15-5-6-16-20(23-15)24-17(11-22-16)14-4-3-7-21-10-14/h5-6,8-9,11,14,21,25H,3-4,7,10H2,1-2H3/t14-/m1/s1. The summed E-state index contributed by atoms with van der Waals surface area (Å²) in [5.74, 6) is 0.649. The first-order valence-electron chi connectivity index (χ1n) is 8.77. The maximum Gasteiger partial charge on any atom is 0.179 e. The molecule has 1 fully saturated rings. The molecule has 0 unspecified atom stereocenters. The highest BCUT2D eigenvalue weighted by Gasteiger charge is 2.18. The number of pyridine rings is 1. The van der Waals surface area contributed by atoms with Gasteiger partial charge in [0.15, 0.2) is 5.65 Å². The summed E-state index contributed by atoms with van der Waals surface area (Å²) in [5.41, 5.74) is 5.95. The van der Waals surface area contributed by atoms with Crippen LogP contribution in [0.15, 0.2) is 30.5 Å².